The number of nitrogens with one attached hydrogen (secondary N) is 6. The van der Waals surface area contributed by atoms with Gasteiger partial charge >= 0.3 is 0 Å². The molecule has 0 spiro atoms. The lowest BCUT2D eigenvalue weighted by Crippen LogP contribution is -2.37. The van der Waals surface area contributed by atoms with Crippen LogP contribution in [-0.2, 0) is 56.7 Å². The second-order valence-electron chi connectivity index (χ2n) is 24.2. The third-order valence-electron chi connectivity index (χ3n) is 11.0. The molecular weight excluding hydrogens is 1370 g/mol. The van der Waals surface area contributed by atoms with Crippen LogP contribution in [0.2, 0.25) is 0 Å². The molecule has 11 N–H and O–H groups in total. The topological polar surface area (TPSA) is 420 Å². The Labute approximate surface area is 560 Å². The van der Waals surface area contributed by atoms with Crippen molar-refractivity contribution >= 4 is 91.0 Å². The van der Waals surface area contributed by atoms with E-state index in [1.807, 2.05) is 41.5 Å². The van der Waals surface area contributed by atoms with E-state index < -0.39 is 61.2 Å². The Balaban J connectivity index is -0.00000105. The standard InChI is InChI=1S/C12H20N2O3S.2C12H18N2O3S.C8H10N2O3S.C8H9NO3S.C4H9Br.C4H11NO.H2O/c3*1-12(2,3)14(15)9-10-5-7-11(8-6-10)18(16,17)13-4;1-9-14(12,13)8-4-2-7(3-5-8)6-10-11;1-9-13(11,12)8-4-2-7(6-10)3-5-8;1-4(2,3)5;1-4(2,3)5-6;/h5-8,13,15H,9H2,1-4H3;2*5-9,13H,1-4H3;2-6,9,11H,1H3;2-6,9H,1H3;1-3H3;5-6H,1-3H3;1H2/b;2*14-9-;10-6-;;;;. The van der Waals surface area contributed by atoms with Crippen LogP contribution in [0, 0.1) is 10.4 Å². The fourth-order valence-electron chi connectivity index (χ4n) is 5.42. The first-order valence-electron chi connectivity index (χ1n) is 27.7. The Morgan fingerprint density at radius 2 is 0.677 bits per heavy atom. The second-order valence-corrected chi connectivity index (χ2v) is 36.0. The summed E-state index contributed by atoms with van der Waals surface area (Å²) in [5, 5.41) is 53.7. The number of rotatable bonds is 16. The smallest absolute Gasteiger partial charge is 0.240 e. The summed E-state index contributed by atoms with van der Waals surface area (Å²) >= 11 is 3.38. The van der Waals surface area contributed by atoms with Crippen LogP contribution >= 0.6 is 15.9 Å². The lowest BCUT2D eigenvalue weighted by Gasteiger charge is -2.29. The molecule has 0 radical (unpaired) electrons. The lowest BCUT2D eigenvalue weighted by molar-refractivity contribution is -0.530. The maximum absolute atomic E-state index is 11.7. The molecule has 33 heteroatoms. The molecular formula is C60H97BrN10O17S5. The van der Waals surface area contributed by atoms with E-state index in [0.29, 0.717) is 39.4 Å². The summed E-state index contributed by atoms with van der Waals surface area (Å²) in [6.45, 7) is 28.8. The highest BCUT2D eigenvalue weighted by molar-refractivity contribution is 9.10. The molecule has 0 saturated carbocycles. The van der Waals surface area contributed by atoms with Crippen LogP contribution in [0.4, 0.5) is 0 Å². The zero-order valence-electron chi connectivity index (χ0n) is 56.4. The van der Waals surface area contributed by atoms with E-state index in [1.165, 1.54) is 132 Å². The number of halogens is 1. The summed E-state index contributed by atoms with van der Waals surface area (Å²) in [6, 6.07) is 30.3. The van der Waals surface area contributed by atoms with Crippen LogP contribution in [0.25, 0.3) is 0 Å². The predicted molar refractivity (Wildman–Crippen MR) is 369 cm³/mol. The number of sulfonamides is 5. The average molecular weight is 1470 g/mol. The van der Waals surface area contributed by atoms with E-state index >= 15 is 0 Å². The molecule has 93 heavy (non-hydrogen) atoms. The van der Waals surface area contributed by atoms with Crippen LogP contribution in [0.15, 0.2) is 151 Å². The summed E-state index contributed by atoms with van der Waals surface area (Å²) in [7, 11) is -10.3. The third-order valence-corrected chi connectivity index (χ3v) is 18.1. The van der Waals surface area contributed by atoms with Gasteiger partial charge in [0.05, 0.1) is 30.7 Å². The lowest BCUT2D eigenvalue weighted by atomic mass is 10.1. The summed E-state index contributed by atoms with van der Waals surface area (Å²) < 4.78 is 127. The largest absolute Gasteiger partial charge is 0.623 e. The maximum Gasteiger partial charge on any atom is 0.240 e. The first-order chi connectivity index (χ1) is 41.8. The first-order valence-corrected chi connectivity index (χ1v) is 36.0. The van der Waals surface area contributed by atoms with Crippen molar-refractivity contribution in [1.82, 2.24) is 34.2 Å². The summed E-state index contributed by atoms with van der Waals surface area (Å²) in [5.41, 5.74) is 3.82. The van der Waals surface area contributed by atoms with Crippen molar-refractivity contribution in [1.29, 1.82) is 0 Å². The molecule has 526 valence electrons. The van der Waals surface area contributed by atoms with Crippen LogP contribution in [0.1, 0.15) is 136 Å². The fraction of sp³-hybridized carbons (Fsp3) is 0.433. The zero-order valence-corrected chi connectivity index (χ0v) is 62.1. The van der Waals surface area contributed by atoms with Crippen LogP contribution in [0.5, 0.6) is 0 Å². The highest BCUT2D eigenvalue weighted by atomic mass is 79.9. The zero-order chi connectivity index (χ0) is 72.1. The van der Waals surface area contributed by atoms with Gasteiger partial charge in [-0.2, -0.15) is 5.06 Å². The van der Waals surface area contributed by atoms with Crippen molar-refractivity contribution in [3.63, 3.8) is 0 Å². The predicted octanol–water partition coefficient (Wildman–Crippen LogP) is 7.16. The minimum absolute atomic E-state index is 0. The van der Waals surface area contributed by atoms with Crippen molar-refractivity contribution in [3.05, 3.63) is 160 Å². The number of nitrogens with zero attached hydrogens (tertiary/aromatic N) is 4. The van der Waals surface area contributed by atoms with E-state index in [1.54, 1.807) is 90.1 Å². The van der Waals surface area contributed by atoms with Crippen molar-refractivity contribution in [3.8, 4) is 0 Å². The van der Waals surface area contributed by atoms with Crippen LogP contribution in [0.3, 0.4) is 0 Å². The normalized spacial score (nSPS) is 12.6. The molecule has 5 rings (SSSR count). The third kappa shape index (κ3) is 37.6. The van der Waals surface area contributed by atoms with Gasteiger partial charge in [0.15, 0.2) is 23.5 Å². The van der Waals surface area contributed by atoms with Crippen molar-refractivity contribution in [2.24, 2.45) is 5.16 Å². The molecule has 0 atom stereocenters. The van der Waals surface area contributed by atoms with Crippen molar-refractivity contribution in [2.45, 2.75) is 161 Å². The van der Waals surface area contributed by atoms with Gasteiger partial charge in [0, 0.05) is 80.2 Å². The molecule has 5 aromatic rings. The number of carbonyl (C=O) groups is 1. The Morgan fingerprint density at radius 3 is 0.860 bits per heavy atom. The Bertz CT molecular complexity index is 3610. The number of benzene rings is 5. The van der Waals surface area contributed by atoms with Gasteiger partial charge in [-0.1, -0.05) is 78.3 Å². The quantitative estimate of drug-likeness (QED) is 0.00899. The summed E-state index contributed by atoms with van der Waals surface area (Å²) in [5.74, 6) is 0. The molecule has 0 heterocycles. The SMILES string of the molecule is CC(C)(C)Br.CC(C)(C)NO.CNS(=O)(=O)c1ccc(/C=N\O)cc1.CNS(=O)(=O)c1ccc(/C=[N+](\[O-])C(C)(C)C)cc1.CNS(=O)(=O)c1ccc(/C=[N+](\[O-])C(C)(C)C)cc1.CNS(=O)(=O)c1ccc(C=O)cc1.CNS(=O)(=O)c1ccc(CN(O)C(C)(C)C)cc1.O. The summed E-state index contributed by atoms with van der Waals surface area (Å²) in [6.07, 6.45) is 4.76. The number of aldehydes is 1. The number of hydrogen-bond acceptors (Lipinski definition) is 19. The highest BCUT2D eigenvalue weighted by Gasteiger charge is 2.22. The fourth-order valence-corrected chi connectivity index (χ4v) is 9.07. The van der Waals surface area contributed by atoms with Gasteiger partial charge in [-0.05, 0) is 173 Å². The molecule has 0 fully saturated rings. The number of hydroxylamine groups is 5. The van der Waals surface area contributed by atoms with Crippen molar-refractivity contribution in [2.75, 3.05) is 35.2 Å². The monoisotopic (exact) mass is 1470 g/mol. The van der Waals surface area contributed by atoms with Gasteiger partial charge < -0.3 is 31.5 Å². The van der Waals surface area contributed by atoms with E-state index in [0.717, 1.165) is 15.0 Å². The van der Waals surface area contributed by atoms with E-state index in [9.17, 15) is 62.5 Å². The second kappa shape index (κ2) is 39.8. The number of carbonyl (C=O) groups excluding carboxylic acids is 1. The molecule has 27 nitrogen and oxygen atoms in total. The number of alkyl halides is 1. The minimum atomic E-state index is -3.43. The van der Waals surface area contributed by atoms with Gasteiger partial charge in [-0.3, -0.25) is 4.79 Å². The molecule has 0 aliphatic rings. The van der Waals surface area contributed by atoms with Crippen LogP contribution < -0.4 is 29.1 Å². The Hall–Kier alpha value is -5.99. The molecule has 0 aromatic heterocycles. The van der Waals surface area contributed by atoms with Crippen molar-refractivity contribution < 1.29 is 77.5 Å². The van der Waals surface area contributed by atoms with Gasteiger partial charge in [0.1, 0.15) is 6.29 Å². The molecule has 0 amide bonds. The van der Waals surface area contributed by atoms with E-state index in [-0.39, 0.29) is 41.0 Å². The number of hydrogen-bond donors (Lipinski definition) is 9. The maximum atomic E-state index is 11.7. The first kappa shape index (κ1) is 91.2. The molecule has 5 aromatic carbocycles. The Kier molecular flexibility index (Phi) is 39.0. The van der Waals surface area contributed by atoms with E-state index in [4.69, 9.17) is 10.4 Å². The molecule has 0 aliphatic heterocycles. The summed E-state index contributed by atoms with van der Waals surface area (Å²) in [4.78, 5) is 11.2. The molecule has 0 saturated heterocycles. The molecule has 0 unspecified atom stereocenters. The Morgan fingerprint density at radius 1 is 0.462 bits per heavy atom. The molecule has 0 aliphatic carbocycles. The van der Waals surface area contributed by atoms with E-state index in [2.05, 4.69) is 70.9 Å². The van der Waals surface area contributed by atoms with Gasteiger partial charge in [0.2, 0.25) is 50.1 Å². The number of oxime groups is 1. The highest BCUT2D eigenvalue weighted by Crippen LogP contribution is 2.18. The van der Waals surface area contributed by atoms with Gasteiger partial charge in [0.25, 0.3) is 0 Å². The minimum Gasteiger partial charge on any atom is -0.623 e. The molecule has 0 bridgehead atoms. The van der Waals surface area contributed by atoms with Gasteiger partial charge in [-0.15, -0.1) is 0 Å². The average Bonchev–Trinajstić information content (AvgIpc) is 1.01. The van der Waals surface area contributed by atoms with Gasteiger partial charge in [-0.25, -0.2) is 80.7 Å². The van der Waals surface area contributed by atoms with Crippen LogP contribution in [-0.4, -0.2) is 164 Å².